The molecule has 0 saturated carbocycles. The number of hydrogen-bond donors (Lipinski definition) is 2. The fourth-order valence-corrected chi connectivity index (χ4v) is 2.36. The number of nitrogens with zero attached hydrogens (tertiary/aromatic N) is 1. The van der Waals surface area contributed by atoms with Crippen LogP contribution in [0.1, 0.15) is 0 Å². The molecule has 0 amide bonds. The molecule has 3 N–H and O–H groups in total. The minimum Gasteiger partial charge on any atom is -0.396 e. The number of aromatic nitrogens is 1. The third kappa shape index (κ3) is 2.54. The molecule has 0 bridgehead atoms. The second-order valence-electron chi connectivity index (χ2n) is 4.48. The molecule has 0 atom stereocenters. The number of benzene rings is 2. The normalized spacial score (nSPS) is 10.8. The molecule has 21 heavy (non-hydrogen) atoms. The molecule has 0 aliphatic carbocycles. The third-order valence-corrected chi connectivity index (χ3v) is 3.68. The summed E-state index contributed by atoms with van der Waals surface area (Å²) in [6.45, 7) is 0. The molecule has 6 heteroatoms. The number of nitrogens with one attached hydrogen (secondary N) is 1. The average molecular weight is 350 g/mol. The number of fused-ring (bicyclic) bond motifs is 1. The molecule has 0 spiro atoms. The first kappa shape index (κ1) is 13.8. The molecule has 0 fully saturated rings. The third-order valence-electron chi connectivity index (χ3n) is 3.07. The number of hydrogen-bond acceptors (Lipinski definition) is 3. The van der Waals surface area contributed by atoms with Gasteiger partial charge in [0.05, 0.1) is 33.2 Å². The summed E-state index contributed by atoms with van der Waals surface area (Å²) in [6.07, 6.45) is 1.48. The summed E-state index contributed by atoms with van der Waals surface area (Å²) in [5.41, 5.74) is 7.49. The molecule has 3 nitrogen and oxygen atoms in total. The van der Waals surface area contributed by atoms with Crippen LogP contribution in [-0.4, -0.2) is 4.98 Å². The number of halogens is 3. The molecule has 106 valence electrons. The van der Waals surface area contributed by atoms with Crippen LogP contribution in [0.15, 0.2) is 47.1 Å². The Morgan fingerprint density at radius 1 is 1.10 bits per heavy atom. The molecule has 3 aromatic rings. The predicted octanol–water partition coefficient (Wildman–Crippen LogP) is 4.60. The average Bonchev–Trinajstić information content (AvgIpc) is 2.47. The van der Waals surface area contributed by atoms with Crippen LogP contribution in [0.4, 0.5) is 25.8 Å². The van der Waals surface area contributed by atoms with Gasteiger partial charge in [-0.2, -0.15) is 0 Å². The van der Waals surface area contributed by atoms with E-state index in [1.54, 1.807) is 0 Å². The van der Waals surface area contributed by atoms with E-state index >= 15 is 0 Å². The van der Waals surface area contributed by atoms with E-state index in [-0.39, 0.29) is 10.2 Å². The number of nitrogen functional groups attached to an aromatic ring is 1. The Balaban J connectivity index is 2.14. The van der Waals surface area contributed by atoms with Crippen LogP contribution in [0.3, 0.4) is 0 Å². The van der Waals surface area contributed by atoms with E-state index in [2.05, 4.69) is 26.2 Å². The Kier molecular flexibility index (Phi) is 3.47. The molecule has 0 unspecified atom stereocenters. The van der Waals surface area contributed by atoms with Gasteiger partial charge in [-0.25, -0.2) is 8.78 Å². The van der Waals surface area contributed by atoms with Gasteiger partial charge in [-0.1, -0.05) is 18.2 Å². The van der Waals surface area contributed by atoms with Gasteiger partial charge in [0.1, 0.15) is 11.6 Å². The van der Waals surface area contributed by atoms with E-state index in [4.69, 9.17) is 5.73 Å². The fraction of sp³-hybridized carbons (Fsp3) is 0. The maximum atomic E-state index is 13.9. The first-order chi connectivity index (χ1) is 10.1. The predicted molar refractivity (Wildman–Crippen MR) is 83.5 cm³/mol. The lowest BCUT2D eigenvalue weighted by atomic mass is 10.1. The molecular formula is C15H10BrF2N3. The van der Waals surface area contributed by atoms with Gasteiger partial charge in [-0.15, -0.1) is 0 Å². The van der Waals surface area contributed by atoms with E-state index in [1.165, 1.54) is 6.20 Å². The Bertz CT molecular complexity index is 837. The van der Waals surface area contributed by atoms with Crippen molar-refractivity contribution in [2.75, 3.05) is 11.1 Å². The monoisotopic (exact) mass is 349 g/mol. The molecule has 1 heterocycles. The van der Waals surface area contributed by atoms with E-state index in [0.717, 1.165) is 17.5 Å². The summed E-state index contributed by atoms with van der Waals surface area (Å²) in [4.78, 5) is 4.20. The molecule has 0 radical (unpaired) electrons. The van der Waals surface area contributed by atoms with Crippen molar-refractivity contribution < 1.29 is 8.78 Å². The SMILES string of the molecule is Nc1cnc2ccccc2c1Nc1cc(F)c(Br)cc1F. The highest BCUT2D eigenvalue weighted by Crippen LogP contribution is 2.32. The second-order valence-corrected chi connectivity index (χ2v) is 5.33. The Morgan fingerprint density at radius 2 is 1.86 bits per heavy atom. The lowest BCUT2D eigenvalue weighted by Gasteiger charge is -2.13. The second kappa shape index (κ2) is 5.29. The highest BCUT2D eigenvalue weighted by atomic mass is 79.9. The highest BCUT2D eigenvalue weighted by molar-refractivity contribution is 9.10. The molecule has 1 aromatic heterocycles. The van der Waals surface area contributed by atoms with Crippen molar-refractivity contribution in [3.63, 3.8) is 0 Å². The van der Waals surface area contributed by atoms with Gasteiger partial charge >= 0.3 is 0 Å². The summed E-state index contributed by atoms with van der Waals surface area (Å²) in [7, 11) is 0. The highest BCUT2D eigenvalue weighted by Gasteiger charge is 2.12. The Hall–Kier alpha value is -2.21. The zero-order chi connectivity index (χ0) is 15.0. The summed E-state index contributed by atoms with van der Waals surface area (Å²) in [5, 5.41) is 3.59. The van der Waals surface area contributed by atoms with Crippen molar-refractivity contribution in [3.05, 3.63) is 58.7 Å². The van der Waals surface area contributed by atoms with Gasteiger partial charge in [-0.05, 0) is 28.1 Å². The molecule has 0 aliphatic rings. The van der Waals surface area contributed by atoms with Crippen molar-refractivity contribution in [3.8, 4) is 0 Å². The lowest BCUT2D eigenvalue weighted by Crippen LogP contribution is -2.01. The van der Waals surface area contributed by atoms with Gasteiger partial charge < -0.3 is 11.1 Å². The van der Waals surface area contributed by atoms with Crippen LogP contribution >= 0.6 is 15.9 Å². The van der Waals surface area contributed by atoms with Crippen LogP contribution in [-0.2, 0) is 0 Å². The minimum absolute atomic E-state index is 0.0127. The first-order valence-corrected chi connectivity index (χ1v) is 6.90. The summed E-state index contributed by atoms with van der Waals surface area (Å²) in [6, 6.07) is 9.44. The number of anilines is 3. The van der Waals surface area contributed by atoms with Crippen LogP contribution < -0.4 is 11.1 Å². The molecule has 3 rings (SSSR count). The van der Waals surface area contributed by atoms with Gasteiger partial charge in [0.25, 0.3) is 0 Å². The Morgan fingerprint density at radius 3 is 2.67 bits per heavy atom. The lowest BCUT2D eigenvalue weighted by molar-refractivity contribution is 0.598. The van der Waals surface area contributed by atoms with Crippen molar-refractivity contribution in [1.29, 1.82) is 0 Å². The quantitative estimate of drug-likeness (QED) is 0.664. The van der Waals surface area contributed by atoms with Crippen LogP contribution in [0, 0.1) is 11.6 Å². The van der Waals surface area contributed by atoms with E-state index in [9.17, 15) is 8.78 Å². The minimum atomic E-state index is -0.580. The molecule has 2 aromatic carbocycles. The largest absolute Gasteiger partial charge is 0.396 e. The van der Waals surface area contributed by atoms with Gasteiger partial charge in [-0.3, -0.25) is 4.98 Å². The standard InChI is InChI=1S/C15H10BrF2N3/c16-9-5-11(18)14(6-10(9)17)21-15-8-3-1-2-4-13(8)20-7-12(15)19/h1-7H,19H2,(H,20,21). The van der Waals surface area contributed by atoms with Crippen molar-refractivity contribution in [2.24, 2.45) is 0 Å². The van der Waals surface area contributed by atoms with Crippen LogP contribution in [0.25, 0.3) is 10.9 Å². The van der Waals surface area contributed by atoms with Crippen molar-refractivity contribution in [1.82, 2.24) is 4.98 Å². The summed E-state index contributed by atoms with van der Waals surface area (Å²) >= 11 is 2.94. The smallest absolute Gasteiger partial charge is 0.147 e. The maximum absolute atomic E-state index is 13.9. The van der Waals surface area contributed by atoms with Gasteiger partial charge in [0.15, 0.2) is 0 Å². The summed E-state index contributed by atoms with van der Waals surface area (Å²) < 4.78 is 27.6. The number of rotatable bonds is 2. The topological polar surface area (TPSA) is 50.9 Å². The number of para-hydroxylation sites is 1. The molecule has 0 aliphatic heterocycles. The van der Waals surface area contributed by atoms with Gasteiger partial charge in [0, 0.05) is 11.5 Å². The maximum Gasteiger partial charge on any atom is 0.147 e. The first-order valence-electron chi connectivity index (χ1n) is 6.11. The number of nitrogens with two attached hydrogens (primary N) is 1. The summed E-state index contributed by atoms with van der Waals surface area (Å²) in [5.74, 6) is -1.14. The van der Waals surface area contributed by atoms with Crippen LogP contribution in [0.5, 0.6) is 0 Å². The van der Waals surface area contributed by atoms with Crippen molar-refractivity contribution >= 4 is 43.9 Å². The van der Waals surface area contributed by atoms with Gasteiger partial charge in [0.2, 0.25) is 0 Å². The molecular weight excluding hydrogens is 340 g/mol. The van der Waals surface area contributed by atoms with E-state index in [1.807, 2.05) is 24.3 Å². The van der Waals surface area contributed by atoms with E-state index in [0.29, 0.717) is 16.9 Å². The van der Waals surface area contributed by atoms with E-state index < -0.39 is 11.6 Å². The fourth-order valence-electron chi connectivity index (χ4n) is 2.05. The Labute approximate surface area is 127 Å². The van der Waals surface area contributed by atoms with Crippen molar-refractivity contribution in [2.45, 2.75) is 0 Å². The zero-order valence-corrected chi connectivity index (χ0v) is 12.3. The zero-order valence-electron chi connectivity index (χ0n) is 10.7. The molecule has 0 saturated heterocycles. The van der Waals surface area contributed by atoms with Crippen LogP contribution in [0.2, 0.25) is 0 Å². The number of pyridine rings is 1.